The maximum Gasteiger partial charge on any atom is 0.251 e. The van der Waals surface area contributed by atoms with Crippen molar-refractivity contribution in [2.75, 3.05) is 16.8 Å². The van der Waals surface area contributed by atoms with Crippen molar-refractivity contribution in [1.29, 1.82) is 0 Å². The Morgan fingerprint density at radius 2 is 2.15 bits per heavy atom. The summed E-state index contributed by atoms with van der Waals surface area (Å²) in [5, 5.41) is 7.72. The first-order valence-corrected chi connectivity index (χ1v) is 11.5. The number of nitrogens with zero attached hydrogens (tertiary/aromatic N) is 4. The number of carbonyl (C=O) groups excluding carboxylic acids is 1. The number of fused-ring (bicyclic) bond motifs is 1. The minimum absolute atomic E-state index is 0.142. The number of thioether (sulfide) groups is 2. The van der Waals surface area contributed by atoms with Crippen LogP contribution in [0.25, 0.3) is 10.2 Å². The molecular formula is C18H23N5OS3. The Kier molecular flexibility index (Phi) is 6.44. The molecule has 2 heterocycles. The van der Waals surface area contributed by atoms with Gasteiger partial charge >= 0.3 is 0 Å². The number of amides is 1. The largest absolute Gasteiger partial charge is 0.324 e. The van der Waals surface area contributed by atoms with Gasteiger partial charge in [-0.15, -0.1) is 11.3 Å². The molecule has 0 aliphatic rings. The molecule has 1 N–H and O–H groups in total. The Morgan fingerprint density at radius 1 is 1.33 bits per heavy atom. The Hall–Kier alpha value is -1.58. The van der Waals surface area contributed by atoms with E-state index in [1.54, 1.807) is 34.1 Å². The first kappa shape index (κ1) is 20.2. The standard InChI is InChI=1S/C18H23N5OS3/c1-12(2)25-7-8-26-17-22-14-6-5-13(9-15(14)27-17)21-16(24)18(3,4)23-11-19-10-20-23/h5-6,9-12H,7-8H2,1-4H3,(H,21,24). The molecule has 9 heteroatoms. The molecule has 0 radical (unpaired) electrons. The van der Waals surface area contributed by atoms with Crippen molar-refractivity contribution in [3.05, 3.63) is 30.9 Å². The Bertz CT molecular complexity index is 905. The van der Waals surface area contributed by atoms with Crippen LogP contribution in [0.4, 0.5) is 5.69 Å². The number of hydrogen-bond donors (Lipinski definition) is 1. The van der Waals surface area contributed by atoms with E-state index in [2.05, 4.69) is 34.2 Å². The molecule has 0 saturated carbocycles. The van der Waals surface area contributed by atoms with Gasteiger partial charge in [-0.3, -0.25) is 4.79 Å². The van der Waals surface area contributed by atoms with Gasteiger partial charge in [-0.05, 0) is 37.3 Å². The van der Waals surface area contributed by atoms with Gasteiger partial charge in [0.1, 0.15) is 18.2 Å². The maximum absolute atomic E-state index is 12.7. The Balaban J connectivity index is 1.66. The highest BCUT2D eigenvalue weighted by atomic mass is 32.2. The van der Waals surface area contributed by atoms with Gasteiger partial charge in [-0.25, -0.2) is 14.6 Å². The van der Waals surface area contributed by atoms with Crippen molar-refractivity contribution in [2.24, 2.45) is 0 Å². The van der Waals surface area contributed by atoms with E-state index in [4.69, 9.17) is 0 Å². The van der Waals surface area contributed by atoms with Gasteiger partial charge in [0, 0.05) is 17.2 Å². The normalized spacial score (nSPS) is 12.0. The molecule has 3 rings (SSSR count). The van der Waals surface area contributed by atoms with Gasteiger partial charge in [0.25, 0.3) is 5.91 Å². The summed E-state index contributed by atoms with van der Waals surface area (Å²) in [6, 6.07) is 5.83. The zero-order valence-electron chi connectivity index (χ0n) is 15.8. The molecule has 3 aromatic rings. The van der Waals surface area contributed by atoms with E-state index in [-0.39, 0.29) is 5.91 Å². The molecule has 6 nitrogen and oxygen atoms in total. The predicted octanol–water partition coefficient (Wildman–Crippen LogP) is 4.50. The Morgan fingerprint density at radius 3 is 2.85 bits per heavy atom. The highest BCUT2D eigenvalue weighted by molar-refractivity contribution is 8.04. The molecule has 0 bridgehead atoms. The SMILES string of the molecule is CC(C)SCCSc1nc2ccc(NC(=O)C(C)(C)n3cncn3)cc2s1. The second-order valence-corrected chi connectivity index (χ2v) is 10.8. The molecular weight excluding hydrogens is 398 g/mol. The van der Waals surface area contributed by atoms with Gasteiger partial charge in [-0.2, -0.15) is 16.9 Å². The number of hydrogen-bond acceptors (Lipinski definition) is 7. The lowest BCUT2D eigenvalue weighted by atomic mass is 10.1. The van der Waals surface area contributed by atoms with Crippen LogP contribution in [-0.4, -0.2) is 42.4 Å². The van der Waals surface area contributed by atoms with Crippen molar-refractivity contribution < 1.29 is 4.79 Å². The number of benzene rings is 1. The fourth-order valence-corrected chi connectivity index (χ4v) is 5.36. The van der Waals surface area contributed by atoms with Crippen LogP contribution >= 0.6 is 34.9 Å². The van der Waals surface area contributed by atoms with Crippen molar-refractivity contribution in [3.63, 3.8) is 0 Å². The number of rotatable bonds is 8. The lowest BCUT2D eigenvalue weighted by Gasteiger charge is -2.23. The summed E-state index contributed by atoms with van der Waals surface area (Å²) < 4.78 is 3.70. The molecule has 2 aromatic heterocycles. The summed E-state index contributed by atoms with van der Waals surface area (Å²) in [7, 11) is 0. The summed E-state index contributed by atoms with van der Waals surface area (Å²) in [5.41, 5.74) is 0.901. The Labute approximate surface area is 171 Å². The summed E-state index contributed by atoms with van der Waals surface area (Å²) in [4.78, 5) is 21.3. The molecule has 0 spiro atoms. The van der Waals surface area contributed by atoms with Gasteiger partial charge in [0.05, 0.1) is 10.2 Å². The lowest BCUT2D eigenvalue weighted by molar-refractivity contribution is -0.123. The molecule has 0 atom stereocenters. The van der Waals surface area contributed by atoms with Crippen molar-refractivity contribution in [2.45, 2.75) is 42.8 Å². The average Bonchev–Trinajstić information content (AvgIpc) is 3.27. The molecule has 0 unspecified atom stereocenters. The number of anilines is 1. The fraction of sp³-hybridized carbons (Fsp3) is 0.444. The van der Waals surface area contributed by atoms with E-state index in [0.29, 0.717) is 5.25 Å². The first-order valence-electron chi connectivity index (χ1n) is 8.68. The average molecular weight is 422 g/mol. The second-order valence-electron chi connectivity index (χ2n) is 6.78. The fourth-order valence-electron chi connectivity index (χ4n) is 2.34. The van der Waals surface area contributed by atoms with E-state index in [1.165, 1.54) is 6.33 Å². The van der Waals surface area contributed by atoms with E-state index >= 15 is 0 Å². The van der Waals surface area contributed by atoms with Crippen LogP contribution in [0.15, 0.2) is 35.2 Å². The van der Waals surface area contributed by atoms with Crippen LogP contribution in [0.2, 0.25) is 0 Å². The van der Waals surface area contributed by atoms with Crippen LogP contribution < -0.4 is 5.32 Å². The molecule has 144 valence electrons. The molecule has 27 heavy (non-hydrogen) atoms. The molecule has 0 aliphatic heterocycles. The zero-order valence-corrected chi connectivity index (χ0v) is 18.2. The highest BCUT2D eigenvalue weighted by Gasteiger charge is 2.30. The highest BCUT2D eigenvalue weighted by Crippen LogP contribution is 2.32. The van der Waals surface area contributed by atoms with E-state index < -0.39 is 5.54 Å². The van der Waals surface area contributed by atoms with Gasteiger partial charge in [0.2, 0.25) is 0 Å². The number of thiazole rings is 1. The molecule has 0 fully saturated rings. The van der Waals surface area contributed by atoms with Gasteiger partial charge < -0.3 is 5.32 Å². The molecule has 0 aliphatic carbocycles. The molecule has 0 saturated heterocycles. The van der Waals surface area contributed by atoms with Gasteiger partial charge in [0.15, 0.2) is 4.34 Å². The first-order chi connectivity index (χ1) is 12.9. The predicted molar refractivity (Wildman–Crippen MR) is 116 cm³/mol. The zero-order chi connectivity index (χ0) is 19.4. The maximum atomic E-state index is 12.7. The number of carbonyl (C=O) groups is 1. The van der Waals surface area contributed by atoms with Crippen LogP contribution in [0.3, 0.4) is 0 Å². The summed E-state index contributed by atoms with van der Waals surface area (Å²) >= 11 is 5.42. The second kappa shape index (κ2) is 8.62. The smallest absolute Gasteiger partial charge is 0.251 e. The lowest BCUT2D eigenvalue weighted by Crippen LogP contribution is -2.40. The van der Waals surface area contributed by atoms with Gasteiger partial charge in [-0.1, -0.05) is 25.6 Å². The van der Waals surface area contributed by atoms with E-state index in [0.717, 1.165) is 31.7 Å². The van der Waals surface area contributed by atoms with Crippen molar-refractivity contribution in [3.8, 4) is 0 Å². The van der Waals surface area contributed by atoms with Crippen LogP contribution in [-0.2, 0) is 10.3 Å². The van der Waals surface area contributed by atoms with E-state index in [1.807, 2.05) is 43.8 Å². The number of aromatic nitrogens is 4. The van der Waals surface area contributed by atoms with Crippen LogP contribution in [0, 0.1) is 0 Å². The quantitative estimate of drug-likeness (QED) is 0.427. The summed E-state index contributed by atoms with van der Waals surface area (Å²) in [6.07, 6.45) is 2.98. The third-order valence-electron chi connectivity index (χ3n) is 3.93. The third kappa shape index (κ3) is 5.03. The summed E-state index contributed by atoms with van der Waals surface area (Å²) in [6.45, 7) is 8.05. The number of nitrogens with one attached hydrogen (secondary N) is 1. The van der Waals surface area contributed by atoms with Crippen molar-refractivity contribution >= 4 is 56.7 Å². The topological polar surface area (TPSA) is 72.7 Å². The summed E-state index contributed by atoms with van der Waals surface area (Å²) in [5.74, 6) is 2.03. The van der Waals surface area contributed by atoms with E-state index in [9.17, 15) is 4.79 Å². The minimum atomic E-state index is -0.825. The molecule has 1 aromatic carbocycles. The minimum Gasteiger partial charge on any atom is -0.324 e. The monoisotopic (exact) mass is 421 g/mol. The van der Waals surface area contributed by atoms with Crippen LogP contribution in [0.5, 0.6) is 0 Å². The molecule has 1 amide bonds. The van der Waals surface area contributed by atoms with Crippen LogP contribution in [0.1, 0.15) is 27.7 Å². The van der Waals surface area contributed by atoms with Crippen molar-refractivity contribution in [1.82, 2.24) is 19.7 Å². The third-order valence-corrected chi connectivity index (χ3v) is 7.46.